The van der Waals surface area contributed by atoms with E-state index >= 15 is 0 Å². The Hall–Kier alpha value is -3.47. The molecule has 0 saturated carbocycles. The fraction of sp³-hybridized carbons (Fsp3) is 0.238. The van der Waals surface area contributed by atoms with Crippen molar-refractivity contribution < 1.29 is 27.4 Å². The van der Waals surface area contributed by atoms with Gasteiger partial charge in [0.2, 0.25) is 0 Å². The SMILES string of the molecule is COc1cc(/C=C(\C#N)C(=O)Nc2cccc(C(F)(F)F)c2)ccc1OC(C)C. The van der Waals surface area contributed by atoms with Gasteiger partial charge in [0, 0.05) is 5.69 Å². The first kappa shape index (κ1) is 21.8. The number of amides is 1. The molecular formula is C21H19F3N2O3. The third-order valence-corrected chi connectivity index (χ3v) is 3.67. The number of rotatable bonds is 6. The van der Waals surface area contributed by atoms with E-state index in [1.807, 2.05) is 13.8 Å². The van der Waals surface area contributed by atoms with Gasteiger partial charge in [-0.3, -0.25) is 4.79 Å². The number of methoxy groups -OCH3 is 1. The van der Waals surface area contributed by atoms with Crippen molar-refractivity contribution in [1.82, 2.24) is 0 Å². The van der Waals surface area contributed by atoms with E-state index in [4.69, 9.17) is 9.47 Å². The van der Waals surface area contributed by atoms with Crippen molar-refractivity contribution in [2.45, 2.75) is 26.1 Å². The van der Waals surface area contributed by atoms with E-state index in [9.17, 15) is 23.2 Å². The van der Waals surface area contributed by atoms with Crippen molar-refractivity contribution in [2.24, 2.45) is 0 Å². The Balaban J connectivity index is 2.26. The minimum absolute atomic E-state index is 0.0655. The predicted octanol–water partition coefficient (Wildman–Crippen LogP) is 5.05. The van der Waals surface area contributed by atoms with Crippen molar-refractivity contribution >= 4 is 17.7 Å². The summed E-state index contributed by atoms with van der Waals surface area (Å²) in [5.41, 5.74) is -0.747. The third kappa shape index (κ3) is 6.01. The average Bonchev–Trinajstić information content (AvgIpc) is 2.66. The minimum Gasteiger partial charge on any atom is -0.493 e. The van der Waals surface area contributed by atoms with Crippen molar-refractivity contribution in [3.05, 3.63) is 59.2 Å². The van der Waals surface area contributed by atoms with Crippen molar-refractivity contribution in [3.8, 4) is 17.6 Å². The van der Waals surface area contributed by atoms with Gasteiger partial charge in [-0.15, -0.1) is 0 Å². The van der Waals surface area contributed by atoms with E-state index in [0.29, 0.717) is 17.1 Å². The lowest BCUT2D eigenvalue weighted by molar-refractivity contribution is -0.137. The van der Waals surface area contributed by atoms with Gasteiger partial charge < -0.3 is 14.8 Å². The van der Waals surface area contributed by atoms with Gasteiger partial charge >= 0.3 is 6.18 Å². The monoisotopic (exact) mass is 404 g/mol. The largest absolute Gasteiger partial charge is 0.493 e. The van der Waals surface area contributed by atoms with Crippen LogP contribution in [0.4, 0.5) is 18.9 Å². The van der Waals surface area contributed by atoms with E-state index in [2.05, 4.69) is 5.32 Å². The van der Waals surface area contributed by atoms with Crippen LogP contribution >= 0.6 is 0 Å². The first-order chi connectivity index (χ1) is 13.6. The zero-order valence-corrected chi connectivity index (χ0v) is 16.0. The van der Waals surface area contributed by atoms with E-state index in [-0.39, 0.29) is 17.4 Å². The molecule has 0 radical (unpaired) electrons. The van der Waals surface area contributed by atoms with Crippen molar-refractivity contribution in [3.63, 3.8) is 0 Å². The third-order valence-electron chi connectivity index (χ3n) is 3.67. The van der Waals surface area contributed by atoms with Gasteiger partial charge in [-0.05, 0) is 55.8 Å². The van der Waals surface area contributed by atoms with Crippen LogP contribution in [0.1, 0.15) is 25.0 Å². The second-order valence-electron chi connectivity index (χ2n) is 6.28. The zero-order chi connectivity index (χ0) is 21.6. The molecule has 2 aromatic carbocycles. The lowest BCUT2D eigenvalue weighted by Gasteiger charge is -2.14. The van der Waals surface area contributed by atoms with Gasteiger partial charge in [0.05, 0.1) is 18.8 Å². The second-order valence-corrected chi connectivity index (χ2v) is 6.28. The van der Waals surface area contributed by atoms with Crippen LogP contribution in [0.2, 0.25) is 0 Å². The van der Waals surface area contributed by atoms with Crippen LogP contribution in [-0.4, -0.2) is 19.1 Å². The highest BCUT2D eigenvalue weighted by Gasteiger charge is 2.30. The molecule has 152 valence electrons. The van der Waals surface area contributed by atoms with E-state index in [1.54, 1.807) is 24.3 Å². The van der Waals surface area contributed by atoms with E-state index in [0.717, 1.165) is 12.1 Å². The molecule has 0 aliphatic carbocycles. The summed E-state index contributed by atoms with van der Waals surface area (Å²) in [7, 11) is 1.46. The summed E-state index contributed by atoms with van der Waals surface area (Å²) in [5.74, 6) is 0.0999. The molecule has 0 aromatic heterocycles. The molecule has 0 fully saturated rings. The lowest BCUT2D eigenvalue weighted by Crippen LogP contribution is -2.14. The van der Waals surface area contributed by atoms with Gasteiger partial charge in [0.15, 0.2) is 11.5 Å². The van der Waals surface area contributed by atoms with Gasteiger partial charge in [-0.1, -0.05) is 12.1 Å². The molecule has 1 N–H and O–H groups in total. The number of hydrogen-bond donors (Lipinski definition) is 1. The number of ether oxygens (including phenoxy) is 2. The molecule has 0 aliphatic rings. The summed E-state index contributed by atoms with van der Waals surface area (Å²) in [6, 6.07) is 10.8. The molecule has 2 rings (SSSR count). The number of nitriles is 1. The molecule has 0 unspecified atom stereocenters. The Morgan fingerprint density at radius 2 is 1.90 bits per heavy atom. The van der Waals surface area contributed by atoms with Gasteiger partial charge in [0.25, 0.3) is 5.91 Å². The topological polar surface area (TPSA) is 71.3 Å². The Morgan fingerprint density at radius 1 is 1.17 bits per heavy atom. The molecular weight excluding hydrogens is 385 g/mol. The molecule has 1 amide bonds. The van der Waals surface area contributed by atoms with Crippen LogP contribution < -0.4 is 14.8 Å². The van der Waals surface area contributed by atoms with Crippen LogP contribution in [0.15, 0.2) is 48.0 Å². The molecule has 2 aromatic rings. The minimum atomic E-state index is -4.54. The van der Waals surface area contributed by atoms with Crippen molar-refractivity contribution in [2.75, 3.05) is 12.4 Å². The molecule has 0 atom stereocenters. The van der Waals surface area contributed by atoms with Gasteiger partial charge in [-0.2, -0.15) is 18.4 Å². The molecule has 0 aliphatic heterocycles. The maximum absolute atomic E-state index is 12.8. The molecule has 29 heavy (non-hydrogen) atoms. The van der Waals surface area contributed by atoms with E-state index in [1.165, 1.54) is 25.3 Å². The summed E-state index contributed by atoms with van der Waals surface area (Å²) in [6.07, 6.45) is -3.30. The average molecular weight is 404 g/mol. The number of anilines is 1. The number of benzene rings is 2. The number of carbonyl (C=O) groups is 1. The maximum Gasteiger partial charge on any atom is 0.416 e. The number of alkyl halides is 3. The first-order valence-electron chi connectivity index (χ1n) is 8.59. The highest BCUT2D eigenvalue weighted by atomic mass is 19.4. The van der Waals surface area contributed by atoms with Crippen LogP contribution in [0.3, 0.4) is 0 Å². The standard InChI is InChI=1S/C21H19F3N2O3/c1-13(2)29-18-8-7-14(10-19(18)28-3)9-15(12-25)20(27)26-17-6-4-5-16(11-17)21(22,23)24/h4-11,13H,1-3H3,(H,26,27)/b15-9+. The summed E-state index contributed by atoms with van der Waals surface area (Å²) in [6.45, 7) is 3.72. The van der Waals surface area contributed by atoms with Gasteiger partial charge in [-0.25, -0.2) is 0 Å². The highest BCUT2D eigenvalue weighted by molar-refractivity contribution is 6.09. The summed E-state index contributed by atoms with van der Waals surface area (Å²) in [4.78, 5) is 12.3. The van der Waals surface area contributed by atoms with Crippen LogP contribution in [0, 0.1) is 11.3 Å². The summed E-state index contributed by atoms with van der Waals surface area (Å²) < 4.78 is 49.3. The van der Waals surface area contributed by atoms with Crippen LogP contribution in [-0.2, 0) is 11.0 Å². The molecule has 0 bridgehead atoms. The Morgan fingerprint density at radius 3 is 2.48 bits per heavy atom. The van der Waals surface area contributed by atoms with Gasteiger partial charge in [0.1, 0.15) is 11.6 Å². The molecule has 0 heterocycles. The smallest absolute Gasteiger partial charge is 0.416 e. The number of nitrogens with one attached hydrogen (secondary N) is 1. The Labute approximate surface area is 166 Å². The summed E-state index contributed by atoms with van der Waals surface area (Å²) >= 11 is 0. The Bertz CT molecular complexity index is 960. The fourth-order valence-corrected chi connectivity index (χ4v) is 2.41. The van der Waals surface area contributed by atoms with Crippen LogP contribution in [0.5, 0.6) is 11.5 Å². The quantitative estimate of drug-likeness (QED) is 0.540. The van der Waals surface area contributed by atoms with Crippen LogP contribution in [0.25, 0.3) is 6.08 Å². The number of carbonyl (C=O) groups excluding carboxylic acids is 1. The molecule has 5 nitrogen and oxygen atoms in total. The zero-order valence-electron chi connectivity index (χ0n) is 16.0. The first-order valence-corrected chi connectivity index (χ1v) is 8.59. The maximum atomic E-state index is 12.8. The molecule has 8 heteroatoms. The number of halogens is 3. The number of nitrogens with zero attached hydrogens (tertiary/aromatic N) is 1. The molecule has 0 spiro atoms. The Kier molecular flexibility index (Phi) is 6.89. The predicted molar refractivity (Wildman–Crippen MR) is 102 cm³/mol. The highest BCUT2D eigenvalue weighted by Crippen LogP contribution is 2.31. The fourth-order valence-electron chi connectivity index (χ4n) is 2.41. The second kappa shape index (κ2) is 9.15. The normalized spacial score (nSPS) is 11.7. The summed E-state index contributed by atoms with van der Waals surface area (Å²) in [5, 5.41) is 11.6. The lowest BCUT2D eigenvalue weighted by atomic mass is 10.1. The van der Waals surface area contributed by atoms with Crippen molar-refractivity contribution in [1.29, 1.82) is 5.26 Å². The van der Waals surface area contributed by atoms with E-state index < -0.39 is 17.6 Å². The molecule has 0 saturated heterocycles. The number of hydrogen-bond acceptors (Lipinski definition) is 4.